The SMILES string of the molecule is CC(O)C1CCN(c2nc(N)cn3ccnc23)C1. The van der Waals surface area contributed by atoms with Gasteiger partial charge in [-0.25, -0.2) is 9.97 Å². The Labute approximate surface area is 105 Å². The summed E-state index contributed by atoms with van der Waals surface area (Å²) in [6.07, 6.45) is 6.04. The number of aromatic nitrogens is 3. The van der Waals surface area contributed by atoms with Gasteiger partial charge in [0.1, 0.15) is 5.82 Å². The maximum atomic E-state index is 9.65. The van der Waals surface area contributed by atoms with E-state index in [-0.39, 0.29) is 6.10 Å². The molecule has 0 aliphatic carbocycles. The smallest absolute Gasteiger partial charge is 0.180 e. The van der Waals surface area contributed by atoms with Crippen molar-refractivity contribution in [2.75, 3.05) is 23.7 Å². The van der Waals surface area contributed by atoms with Crippen molar-refractivity contribution in [2.24, 2.45) is 5.92 Å². The number of fused-ring (bicyclic) bond motifs is 1. The zero-order valence-corrected chi connectivity index (χ0v) is 10.3. The van der Waals surface area contributed by atoms with Crippen LogP contribution in [0.1, 0.15) is 13.3 Å². The van der Waals surface area contributed by atoms with E-state index in [0.29, 0.717) is 11.7 Å². The topological polar surface area (TPSA) is 79.7 Å². The molecule has 3 rings (SSSR count). The number of aliphatic hydroxyl groups is 1. The van der Waals surface area contributed by atoms with Crippen LogP contribution >= 0.6 is 0 Å². The number of aliphatic hydroxyl groups excluding tert-OH is 1. The molecule has 1 saturated heterocycles. The number of nitrogens with two attached hydrogens (primary N) is 1. The number of imidazole rings is 1. The van der Waals surface area contributed by atoms with Crippen LogP contribution in [-0.2, 0) is 0 Å². The average molecular weight is 247 g/mol. The maximum absolute atomic E-state index is 9.65. The number of nitrogens with zero attached hydrogens (tertiary/aromatic N) is 4. The number of rotatable bonds is 2. The van der Waals surface area contributed by atoms with Crippen molar-refractivity contribution in [1.29, 1.82) is 0 Å². The number of nitrogen functional groups attached to an aromatic ring is 1. The molecule has 18 heavy (non-hydrogen) atoms. The van der Waals surface area contributed by atoms with E-state index in [2.05, 4.69) is 14.9 Å². The van der Waals surface area contributed by atoms with E-state index in [0.717, 1.165) is 31.0 Å². The summed E-state index contributed by atoms with van der Waals surface area (Å²) in [5, 5.41) is 9.65. The fourth-order valence-corrected chi connectivity index (χ4v) is 2.52. The number of hydrogen-bond acceptors (Lipinski definition) is 5. The molecule has 0 amide bonds. The van der Waals surface area contributed by atoms with Gasteiger partial charge in [-0.05, 0) is 13.3 Å². The Morgan fingerprint density at radius 2 is 2.39 bits per heavy atom. The average Bonchev–Trinajstić information content (AvgIpc) is 2.95. The molecule has 1 fully saturated rings. The lowest BCUT2D eigenvalue weighted by Crippen LogP contribution is -2.25. The fourth-order valence-electron chi connectivity index (χ4n) is 2.52. The highest BCUT2D eigenvalue weighted by Crippen LogP contribution is 2.27. The largest absolute Gasteiger partial charge is 0.393 e. The first-order valence-corrected chi connectivity index (χ1v) is 6.17. The van der Waals surface area contributed by atoms with Gasteiger partial charge in [-0.1, -0.05) is 0 Å². The van der Waals surface area contributed by atoms with Gasteiger partial charge in [0, 0.05) is 31.4 Å². The standard InChI is InChI=1S/C12H17N5O/c1-8(18)9-2-4-16(6-9)12-11-14-3-5-17(11)7-10(13)15-12/h3,5,7-9,18H,2,4,6,13H2,1H3. The second-order valence-electron chi connectivity index (χ2n) is 4.88. The molecule has 2 unspecified atom stereocenters. The van der Waals surface area contributed by atoms with Gasteiger partial charge >= 0.3 is 0 Å². The van der Waals surface area contributed by atoms with Crippen LogP contribution in [0.5, 0.6) is 0 Å². The summed E-state index contributed by atoms with van der Waals surface area (Å²) in [5.41, 5.74) is 6.63. The summed E-state index contributed by atoms with van der Waals surface area (Å²) in [5.74, 6) is 1.59. The van der Waals surface area contributed by atoms with Gasteiger partial charge in [0.05, 0.1) is 12.3 Å². The van der Waals surface area contributed by atoms with Crippen LogP contribution in [-0.4, -0.2) is 38.7 Å². The molecule has 3 N–H and O–H groups in total. The molecular formula is C12H17N5O. The zero-order chi connectivity index (χ0) is 12.7. The Bertz CT molecular complexity index is 565. The molecule has 0 radical (unpaired) electrons. The Morgan fingerprint density at radius 3 is 3.11 bits per heavy atom. The van der Waals surface area contributed by atoms with Gasteiger partial charge in [0.2, 0.25) is 0 Å². The third kappa shape index (κ3) is 1.78. The number of anilines is 2. The lowest BCUT2D eigenvalue weighted by atomic mass is 10.0. The summed E-state index contributed by atoms with van der Waals surface area (Å²) in [7, 11) is 0. The molecule has 6 nitrogen and oxygen atoms in total. The minimum Gasteiger partial charge on any atom is -0.393 e. The monoisotopic (exact) mass is 247 g/mol. The lowest BCUT2D eigenvalue weighted by Gasteiger charge is -2.19. The van der Waals surface area contributed by atoms with E-state index < -0.39 is 0 Å². The van der Waals surface area contributed by atoms with Crippen molar-refractivity contribution in [1.82, 2.24) is 14.4 Å². The highest BCUT2D eigenvalue weighted by atomic mass is 16.3. The summed E-state index contributed by atoms with van der Waals surface area (Å²) >= 11 is 0. The summed E-state index contributed by atoms with van der Waals surface area (Å²) < 4.78 is 1.88. The summed E-state index contributed by atoms with van der Waals surface area (Å²) in [6.45, 7) is 3.53. The van der Waals surface area contributed by atoms with Crippen LogP contribution in [0.15, 0.2) is 18.6 Å². The van der Waals surface area contributed by atoms with Crippen LogP contribution in [0.25, 0.3) is 5.65 Å². The molecule has 1 aliphatic heterocycles. The van der Waals surface area contributed by atoms with Crippen LogP contribution in [0, 0.1) is 5.92 Å². The molecule has 0 bridgehead atoms. The third-order valence-corrected chi connectivity index (χ3v) is 3.58. The number of hydrogen-bond donors (Lipinski definition) is 2. The maximum Gasteiger partial charge on any atom is 0.180 e. The Hall–Kier alpha value is -1.82. The zero-order valence-electron chi connectivity index (χ0n) is 10.3. The second-order valence-corrected chi connectivity index (χ2v) is 4.88. The van der Waals surface area contributed by atoms with E-state index in [4.69, 9.17) is 5.73 Å². The van der Waals surface area contributed by atoms with E-state index in [1.165, 1.54) is 0 Å². The van der Waals surface area contributed by atoms with Crippen molar-refractivity contribution in [2.45, 2.75) is 19.4 Å². The van der Waals surface area contributed by atoms with Gasteiger partial charge < -0.3 is 20.1 Å². The van der Waals surface area contributed by atoms with E-state index in [9.17, 15) is 5.11 Å². The highest BCUT2D eigenvalue weighted by Gasteiger charge is 2.28. The summed E-state index contributed by atoms with van der Waals surface area (Å²) in [4.78, 5) is 10.9. The predicted molar refractivity (Wildman–Crippen MR) is 69.4 cm³/mol. The van der Waals surface area contributed by atoms with E-state index in [1.54, 1.807) is 12.4 Å². The first kappa shape index (κ1) is 11.3. The van der Waals surface area contributed by atoms with Gasteiger partial charge in [0.15, 0.2) is 11.5 Å². The first-order valence-electron chi connectivity index (χ1n) is 6.17. The molecule has 6 heteroatoms. The molecule has 1 aliphatic rings. The van der Waals surface area contributed by atoms with Gasteiger partial charge in [-0.3, -0.25) is 0 Å². The Balaban J connectivity index is 1.97. The molecular weight excluding hydrogens is 230 g/mol. The molecule has 2 aromatic heterocycles. The molecule has 0 saturated carbocycles. The molecule has 96 valence electrons. The summed E-state index contributed by atoms with van der Waals surface area (Å²) in [6, 6.07) is 0. The second kappa shape index (κ2) is 4.13. The van der Waals surface area contributed by atoms with Crippen molar-refractivity contribution in [3.05, 3.63) is 18.6 Å². The predicted octanol–water partition coefficient (Wildman–Crippen LogP) is 0.519. The molecule has 0 aromatic carbocycles. The minimum atomic E-state index is -0.285. The molecule has 2 aromatic rings. The quantitative estimate of drug-likeness (QED) is 0.808. The van der Waals surface area contributed by atoms with E-state index in [1.807, 2.05) is 17.5 Å². The van der Waals surface area contributed by atoms with Crippen LogP contribution in [0.3, 0.4) is 0 Å². The van der Waals surface area contributed by atoms with Crippen LogP contribution in [0.2, 0.25) is 0 Å². The molecule has 2 atom stereocenters. The van der Waals surface area contributed by atoms with E-state index >= 15 is 0 Å². The van der Waals surface area contributed by atoms with Crippen molar-refractivity contribution in [3.63, 3.8) is 0 Å². The van der Waals surface area contributed by atoms with Crippen molar-refractivity contribution in [3.8, 4) is 0 Å². The van der Waals surface area contributed by atoms with Gasteiger partial charge in [0.25, 0.3) is 0 Å². The van der Waals surface area contributed by atoms with Gasteiger partial charge in [-0.15, -0.1) is 0 Å². The van der Waals surface area contributed by atoms with Crippen LogP contribution < -0.4 is 10.6 Å². The Morgan fingerprint density at radius 1 is 1.56 bits per heavy atom. The lowest BCUT2D eigenvalue weighted by molar-refractivity contribution is 0.136. The van der Waals surface area contributed by atoms with Crippen molar-refractivity contribution < 1.29 is 5.11 Å². The van der Waals surface area contributed by atoms with Gasteiger partial charge in [-0.2, -0.15) is 0 Å². The minimum absolute atomic E-state index is 0.285. The van der Waals surface area contributed by atoms with Crippen LogP contribution in [0.4, 0.5) is 11.6 Å². The van der Waals surface area contributed by atoms with Crippen molar-refractivity contribution >= 4 is 17.3 Å². The third-order valence-electron chi connectivity index (χ3n) is 3.58. The first-order chi connectivity index (χ1) is 8.65. The highest BCUT2D eigenvalue weighted by molar-refractivity contribution is 5.66. The molecule has 0 spiro atoms. The normalized spacial score (nSPS) is 21.7. The fraction of sp³-hybridized carbons (Fsp3) is 0.500. The Kier molecular flexibility index (Phi) is 2.59. The molecule has 3 heterocycles.